The molecule has 16 heavy (non-hydrogen) atoms. The molecule has 0 heterocycles. The molecule has 88 valence electrons. The fraction of sp³-hybridized carbons (Fsp3) is 0.538. The maximum Gasteiger partial charge on any atom is 0.0509 e. The molecule has 1 aliphatic rings. The van der Waals surface area contributed by atoms with E-state index in [0.29, 0.717) is 0 Å². The summed E-state index contributed by atoms with van der Waals surface area (Å²) in [5, 5.41) is 0. The standard InChI is InChI=1S/C13H19BrN2/c1-16(9-10-4-2-3-5-10)13-7-6-11(15)8-12(13)14/h6-8,10H,2-5,9,15H2,1H3. The van der Waals surface area contributed by atoms with Gasteiger partial charge in [0.05, 0.1) is 5.69 Å². The van der Waals surface area contributed by atoms with E-state index in [1.54, 1.807) is 0 Å². The van der Waals surface area contributed by atoms with Gasteiger partial charge in [-0.05, 0) is 52.9 Å². The molecule has 1 aromatic rings. The number of halogens is 1. The van der Waals surface area contributed by atoms with Gasteiger partial charge >= 0.3 is 0 Å². The summed E-state index contributed by atoms with van der Waals surface area (Å²) in [6.45, 7) is 1.16. The van der Waals surface area contributed by atoms with Crippen molar-refractivity contribution in [3.63, 3.8) is 0 Å². The van der Waals surface area contributed by atoms with Crippen LogP contribution in [0.2, 0.25) is 0 Å². The van der Waals surface area contributed by atoms with Gasteiger partial charge in [0.1, 0.15) is 0 Å². The van der Waals surface area contributed by atoms with Crippen LogP contribution in [0, 0.1) is 5.92 Å². The zero-order valence-corrected chi connectivity index (χ0v) is 11.3. The maximum atomic E-state index is 5.74. The average molecular weight is 283 g/mol. The van der Waals surface area contributed by atoms with Crippen LogP contribution in [0.1, 0.15) is 25.7 Å². The van der Waals surface area contributed by atoms with Crippen molar-refractivity contribution in [2.45, 2.75) is 25.7 Å². The summed E-state index contributed by atoms with van der Waals surface area (Å²) in [5.74, 6) is 0.870. The Morgan fingerprint density at radius 1 is 1.38 bits per heavy atom. The van der Waals surface area contributed by atoms with Crippen molar-refractivity contribution in [2.75, 3.05) is 24.2 Å². The summed E-state index contributed by atoms with van der Waals surface area (Å²) in [6, 6.07) is 6.03. The van der Waals surface area contributed by atoms with Gasteiger partial charge in [0, 0.05) is 23.8 Å². The van der Waals surface area contributed by atoms with Gasteiger partial charge in [0.25, 0.3) is 0 Å². The quantitative estimate of drug-likeness (QED) is 0.858. The predicted molar refractivity (Wildman–Crippen MR) is 73.8 cm³/mol. The molecule has 2 N–H and O–H groups in total. The Balaban J connectivity index is 2.04. The lowest BCUT2D eigenvalue weighted by Crippen LogP contribution is -2.24. The first kappa shape index (κ1) is 11.8. The van der Waals surface area contributed by atoms with Gasteiger partial charge in [0.2, 0.25) is 0 Å². The van der Waals surface area contributed by atoms with Gasteiger partial charge in [0.15, 0.2) is 0 Å². The Hall–Kier alpha value is -0.700. The van der Waals surface area contributed by atoms with Crippen molar-refractivity contribution < 1.29 is 0 Å². The summed E-state index contributed by atoms with van der Waals surface area (Å²) in [4.78, 5) is 2.33. The largest absolute Gasteiger partial charge is 0.399 e. The minimum absolute atomic E-state index is 0.810. The van der Waals surface area contributed by atoms with E-state index in [1.807, 2.05) is 12.1 Å². The Morgan fingerprint density at radius 3 is 2.69 bits per heavy atom. The Bertz CT molecular complexity index is 359. The summed E-state index contributed by atoms with van der Waals surface area (Å²) in [6.07, 6.45) is 5.58. The Morgan fingerprint density at radius 2 is 2.06 bits per heavy atom. The van der Waals surface area contributed by atoms with E-state index < -0.39 is 0 Å². The SMILES string of the molecule is CN(CC1CCCC1)c1ccc(N)cc1Br. The summed E-state index contributed by atoms with van der Waals surface area (Å²) in [7, 11) is 2.16. The number of hydrogen-bond donors (Lipinski definition) is 1. The average Bonchev–Trinajstić information content (AvgIpc) is 2.70. The highest BCUT2D eigenvalue weighted by molar-refractivity contribution is 9.10. The first-order valence-electron chi connectivity index (χ1n) is 5.93. The van der Waals surface area contributed by atoms with E-state index in [2.05, 4.69) is 33.9 Å². The van der Waals surface area contributed by atoms with Crippen LogP contribution in [-0.2, 0) is 0 Å². The summed E-state index contributed by atoms with van der Waals surface area (Å²) >= 11 is 3.58. The van der Waals surface area contributed by atoms with Crippen LogP contribution >= 0.6 is 15.9 Å². The van der Waals surface area contributed by atoms with Crippen molar-refractivity contribution in [1.82, 2.24) is 0 Å². The van der Waals surface area contributed by atoms with Crippen LogP contribution in [0.25, 0.3) is 0 Å². The maximum absolute atomic E-state index is 5.74. The molecule has 3 heteroatoms. The van der Waals surface area contributed by atoms with Crippen LogP contribution < -0.4 is 10.6 Å². The molecule has 1 aromatic carbocycles. The van der Waals surface area contributed by atoms with E-state index >= 15 is 0 Å². The number of hydrogen-bond acceptors (Lipinski definition) is 2. The molecule has 0 radical (unpaired) electrons. The Kier molecular flexibility index (Phi) is 3.74. The van der Waals surface area contributed by atoms with Crippen LogP contribution in [0.5, 0.6) is 0 Å². The third-order valence-corrected chi connectivity index (χ3v) is 4.02. The highest BCUT2D eigenvalue weighted by atomic mass is 79.9. The van der Waals surface area contributed by atoms with E-state index in [-0.39, 0.29) is 0 Å². The second-order valence-electron chi connectivity index (χ2n) is 4.74. The van der Waals surface area contributed by atoms with Gasteiger partial charge in [-0.25, -0.2) is 0 Å². The predicted octanol–water partition coefficient (Wildman–Crippen LogP) is 3.66. The molecule has 0 unspecified atom stereocenters. The second kappa shape index (κ2) is 5.09. The monoisotopic (exact) mass is 282 g/mol. The van der Waals surface area contributed by atoms with Crippen LogP contribution in [0.4, 0.5) is 11.4 Å². The first-order chi connectivity index (χ1) is 7.66. The van der Waals surface area contributed by atoms with Crippen molar-refractivity contribution in [2.24, 2.45) is 5.92 Å². The molecule has 1 aliphatic carbocycles. The topological polar surface area (TPSA) is 29.3 Å². The zero-order chi connectivity index (χ0) is 11.5. The summed E-state index contributed by atoms with van der Waals surface area (Å²) < 4.78 is 1.09. The molecule has 0 aliphatic heterocycles. The number of nitrogens with zero attached hydrogens (tertiary/aromatic N) is 1. The minimum Gasteiger partial charge on any atom is -0.399 e. The van der Waals surface area contributed by atoms with Crippen molar-refractivity contribution >= 4 is 27.3 Å². The molecule has 2 rings (SSSR count). The molecular weight excluding hydrogens is 264 g/mol. The molecule has 0 spiro atoms. The fourth-order valence-electron chi connectivity index (χ4n) is 2.51. The number of nitrogen functional groups attached to an aromatic ring is 1. The minimum atomic E-state index is 0.810. The van der Waals surface area contributed by atoms with Crippen LogP contribution in [0.15, 0.2) is 22.7 Å². The molecule has 1 saturated carbocycles. The third kappa shape index (κ3) is 2.70. The van der Waals surface area contributed by atoms with Crippen molar-refractivity contribution in [1.29, 1.82) is 0 Å². The zero-order valence-electron chi connectivity index (χ0n) is 9.75. The fourth-order valence-corrected chi connectivity index (χ4v) is 3.21. The highest BCUT2D eigenvalue weighted by Crippen LogP contribution is 2.31. The smallest absolute Gasteiger partial charge is 0.0509 e. The first-order valence-corrected chi connectivity index (χ1v) is 6.72. The van der Waals surface area contributed by atoms with Crippen molar-refractivity contribution in [3.8, 4) is 0 Å². The molecule has 2 nitrogen and oxygen atoms in total. The van der Waals surface area contributed by atoms with E-state index in [4.69, 9.17) is 5.73 Å². The number of benzene rings is 1. The van der Waals surface area contributed by atoms with E-state index in [1.165, 1.54) is 31.4 Å². The van der Waals surface area contributed by atoms with Gasteiger partial charge in [-0.2, -0.15) is 0 Å². The van der Waals surface area contributed by atoms with Gasteiger partial charge < -0.3 is 10.6 Å². The van der Waals surface area contributed by atoms with Crippen molar-refractivity contribution in [3.05, 3.63) is 22.7 Å². The van der Waals surface area contributed by atoms with Crippen LogP contribution in [0.3, 0.4) is 0 Å². The number of anilines is 2. The summed E-state index contributed by atoms with van der Waals surface area (Å²) in [5.41, 5.74) is 7.79. The van der Waals surface area contributed by atoms with Gasteiger partial charge in [-0.15, -0.1) is 0 Å². The molecule has 0 saturated heterocycles. The highest BCUT2D eigenvalue weighted by Gasteiger charge is 2.17. The van der Waals surface area contributed by atoms with Crippen LogP contribution in [-0.4, -0.2) is 13.6 Å². The lowest BCUT2D eigenvalue weighted by molar-refractivity contribution is 0.547. The molecule has 1 fully saturated rings. The lowest BCUT2D eigenvalue weighted by Gasteiger charge is -2.24. The Labute approximate surface area is 106 Å². The molecule has 0 amide bonds. The van der Waals surface area contributed by atoms with Gasteiger partial charge in [-0.1, -0.05) is 12.8 Å². The van der Waals surface area contributed by atoms with E-state index in [0.717, 1.165) is 22.6 Å². The molecule has 0 bridgehead atoms. The second-order valence-corrected chi connectivity index (χ2v) is 5.60. The lowest BCUT2D eigenvalue weighted by atomic mass is 10.1. The molecule has 0 atom stereocenters. The molecular formula is C13H19BrN2. The van der Waals surface area contributed by atoms with E-state index in [9.17, 15) is 0 Å². The third-order valence-electron chi connectivity index (χ3n) is 3.39. The normalized spacial score (nSPS) is 16.6. The van der Waals surface area contributed by atoms with Gasteiger partial charge in [-0.3, -0.25) is 0 Å². The number of nitrogens with two attached hydrogens (primary N) is 1. The number of rotatable bonds is 3. The molecule has 0 aromatic heterocycles.